The Kier molecular flexibility index (Phi) is 6.04. The van der Waals surface area contributed by atoms with E-state index in [0.29, 0.717) is 13.0 Å². The van der Waals surface area contributed by atoms with E-state index in [9.17, 15) is 4.79 Å². The zero-order valence-electron chi connectivity index (χ0n) is 18.1. The van der Waals surface area contributed by atoms with E-state index in [2.05, 4.69) is 41.5 Å². The van der Waals surface area contributed by atoms with Gasteiger partial charge >= 0.3 is 0 Å². The summed E-state index contributed by atoms with van der Waals surface area (Å²) in [7, 11) is 0. The number of amides is 1. The van der Waals surface area contributed by atoms with Gasteiger partial charge in [0.1, 0.15) is 11.4 Å². The second-order valence-corrected chi connectivity index (χ2v) is 7.99. The summed E-state index contributed by atoms with van der Waals surface area (Å²) in [5.74, 6) is 1.04. The molecule has 6 heteroatoms. The molecule has 0 unspecified atom stereocenters. The molecular weight excluding hydrogens is 376 g/mol. The lowest BCUT2D eigenvalue weighted by atomic mass is 10.1. The third-order valence-corrected chi connectivity index (χ3v) is 5.77. The standard InChI is InChI=1S/C24H30N4O2/c1-4-30-21-7-5-20(6-8-21)16-24(29)27-13-11-26(12-14-27)17-22-19(3)25-23-15-18(2)9-10-28(22)23/h5-10,15H,4,11-14,16-17H2,1-3H3. The Bertz CT molecular complexity index is 1020. The van der Waals surface area contributed by atoms with Crippen LogP contribution in [0.3, 0.4) is 0 Å². The summed E-state index contributed by atoms with van der Waals surface area (Å²) in [6, 6.07) is 12.1. The summed E-state index contributed by atoms with van der Waals surface area (Å²) in [5, 5.41) is 0. The molecule has 0 N–H and O–H groups in total. The Labute approximate surface area is 178 Å². The van der Waals surface area contributed by atoms with Crippen LogP contribution in [0, 0.1) is 13.8 Å². The molecule has 0 atom stereocenters. The largest absolute Gasteiger partial charge is 0.494 e. The highest BCUT2D eigenvalue weighted by molar-refractivity contribution is 5.79. The topological polar surface area (TPSA) is 50.1 Å². The monoisotopic (exact) mass is 406 g/mol. The van der Waals surface area contributed by atoms with Crippen LogP contribution >= 0.6 is 0 Å². The quantitative estimate of drug-likeness (QED) is 0.631. The van der Waals surface area contributed by atoms with Gasteiger partial charge < -0.3 is 14.0 Å². The average molecular weight is 407 g/mol. The number of nitrogens with zero attached hydrogens (tertiary/aromatic N) is 4. The lowest BCUT2D eigenvalue weighted by Gasteiger charge is -2.34. The molecule has 0 radical (unpaired) electrons. The maximum atomic E-state index is 12.7. The first-order valence-electron chi connectivity index (χ1n) is 10.7. The van der Waals surface area contributed by atoms with Gasteiger partial charge in [-0.15, -0.1) is 0 Å². The van der Waals surface area contributed by atoms with Crippen LogP contribution in [-0.2, 0) is 17.8 Å². The maximum absolute atomic E-state index is 12.7. The van der Waals surface area contributed by atoms with Crippen LogP contribution in [0.5, 0.6) is 5.75 Å². The van der Waals surface area contributed by atoms with Gasteiger partial charge in [-0.05, 0) is 56.2 Å². The second kappa shape index (κ2) is 8.88. The van der Waals surface area contributed by atoms with Crippen molar-refractivity contribution in [1.82, 2.24) is 19.2 Å². The molecule has 1 amide bonds. The summed E-state index contributed by atoms with van der Waals surface area (Å²) >= 11 is 0. The number of rotatable bonds is 6. The summed E-state index contributed by atoms with van der Waals surface area (Å²) in [6.45, 7) is 10.9. The number of imidazole rings is 1. The highest BCUT2D eigenvalue weighted by Gasteiger charge is 2.22. The van der Waals surface area contributed by atoms with Crippen LogP contribution in [0.1, 0.15) is 29.4 Å². The van der Waals surface area contributed by atoms with Crippen LogP contribution in [0.25, 0.3) is 5.65 Å². The number of hydrogen-bond acceptors (Lipinski definition) is 4. The van der Waals surface area contributed by atoms with Crippen LogP contribution in [0.2, 0.25) is 0 Å². The number of carbonyl (C=O) groups is 1. The Hall–Kier alpha value is -2.86. The minimum Gasteiger partial charge on any atom is -0.494 e. The Morgan fingerprint density at radius 3 is 2.50 bits per heavy atom. The number of fused-ring (bicyclic) bond motifs is 1. The van der Waals surface area contributed by atoms with Gasteiger partial charge in [0, 0.05) is 38.9 Å². The molecule has 4 rings (SSSR count). The molecule has 1 fully saturated rings. The van der Waals surface area contributed by atoms with Crippen molar-refractivity contribution in [1.29, 1.82) is 0 Å². The molecule has 0 saturated carbocycles. The predicted octanol–water partition coefficient (Wildman–Crippen LogP) is 3.24. The molecule has 0 aliphatic carbocycles. The summed E-state index contributed by atoms with van der Waals surface area (Å²) in [4.78, 5) is 21.8. The Balaban J connectivity index is 1.32. The Morgan fingerprint density at radius 1 is 1.07 bits per heavy atom. The van der Waals surface area contributed by atoms with Crippen LogP contribution in [0.4, 0.5) is 0 Å². The third kappa shape index (κ3) is 4.49. The van der Waals surface area contributed by atoms with Crippen molar-refractivity contribution in [2.24, 2.45) is 0 Å². The third-order valence-electron chi connectivity index (χ3n) is 5.77. The van der Waals surface area contributed by atoms with E-state index in [0.717, 1.165) is 55.4 Å². The van der Waals surface area contributed by atoms with Gasteiger partial charge in [0.05, 0.1) is 24.4 Å². The van der Waals surface area contributed by atoms with E-state index in [1.165, 1.54) is 11.3 Å². The first-order valence-corrected chi connectivity index (χ1v) is 10.7. The van der Waals surface area contributed by atoms with Crippen molar-refractivity contribution in [2.45, 2.75) is 33.7 Å². The fourth-order valence-electron chi connectivity index (χ4n) is 4.03. The lowest BCUT2D eigenvalue weighted by Crippen LogP contribution is -2.48. The van der Waals surface area contributed by atoms with Crippen molar-refractivity contribution in [3.8, 4) is 5.75 Å². The number of ether oxygens (including phenoxy) is 1. The van der Waals surface area contributed by atoms with E-state index in [1.54, 1.807) is 0 Å². The van der Waals surface area contributed by atoms with Crippen molar-refractivity contribution in [3.63, 3.8) is 0 Å². The van der Waals surface area contributed by atoms with Crippen molar-refractivity contribution >= 4 is 11.6 Å². The molecule has 1 saturated heterocycles. The van der Waals surface area contributed by atoms with Gasteiger partial charge in [-0.3, -0.25) is 9.69 Å². The average Bonchev–Trinajstić information content (AvgIpc) is 3.04. The minimum atomic E-state index is 0.195. The maximum Gasteiger partial charge on any atom is 0.227 e. The smallest absolute Gasteiger partial charge is 0.227 e. The molecular formula is C24H30N4O2. The number of piperazine rings is 1. The van der Waals surface area contributed by atoms with Gasteiger partial charge in [-0.25, -0.2) is 4.98 Å². The molecule has 3 aromatic rings. The highest BCUT2D eigenvalue weighted by atomic mass is 16.5. The normalized spacial score (nSPS) is 15.0. The van der Waals surface area contributed by atoms with Crippen molar-refractivity contribution < 1.29 is 9.53 Å². The molecule has 30 heavy (non-hydrogen) atoms. The second-order valence-electron chi connectivity index (χ2n) is 7.99. The first-order chi connectivity index (χ1) is 14.5. The van der Waals surface area contributed by atoms with E-state index in [1.807, 2.05) is 36.1 Å². The molecule has 0 bridgehead atoms. The van der Waals surface area contributed by atoms with Crippen LogP contribution in [-0.4, -0.2) is 57.9 Å². The van der Waals surface area contributed by atoms with Crippen molar-refractivity contribution in [2.75, 3.05) is 32.8 Å². The molecule has 0 spiro atoms. The van der Waals surface area contributed by atoms with Gasteiger partial charge in [0.15, 0.2) is 0 Å². The fraction of sp³-hybridized carbons (Fsp3) is 0.417. The van der Waals surface area contributed by atoms with E-state index >= 15 is 0 Å². The molecule has 1 aromatic carbocycles. The molecule has 158 valence electrons. The molecule has 6 nitrogen and oxygen atoms in total. The number of aromatic nitrogens is 2. The molecule has 1 aliphatic rings. The number of benzene rings is 1. The predicted molar refractivity (Wildman–Crippen MR) is 118 cm³/mol. The minimum absolute atomic E-state index is 0.195. The number of hydrogen-bond donors (Lipinski definition) is 0. The number of carbonyl (C=O) groups excluding carboxylic acids is 1. The zero-order valence-corrected chi connectivity index (χ0v) is 18.1. The van der Waals surface area contributed by atoms with Gasteiger partial charge in [0.2, 0.25) is 5.91 Å². The number of pyridine rings is 1. The highest BCUT2D eigenvalue weighted by Crippen LogP contribution is 2.18. The van der Waals surface area contributed by atoms with Gasteiger partial charge in [0.25, 0.3) is 0 Å². The van der Waals surface area contributed by atoms with Gasteiger partial charge in [-0.2, -0.15) is 0 Å². The summed E-state index contributed by atoms with van der Waals surface area (Å²) in [5.41, 5.74) is 5.57. The Morgan fingerprint density at radius 2 is 1.80 bits per heavy atom. The van der Waals surface area contributed by atoms with Crippen LogP contribution < -0.4 is 4.74 Å². The van der Waals surface area contributed by atoms with E-state index in [-0.39, 0.29) is 5.91 Å². The number of aryl methyl sites for hydroxylation is 2. The zero-order chi connectivity index (χ0) is 21.1. The summed E-state index contributed by atoms with van der Waals surface area (Å²) < 4.78 is 7.66. The van der Waals surface area contributed by atoms with E-state index < -0.39 is 0 Å². The summed E-state index contributed by atoms with van der Waals surface area (Å²) in [6.07, 6.45) is 2.55. The molecule has 2 aromatic heterocycles. The fourth-order valence-corrected chi connectivity index (χ4v) is 4.03. The lowest BCUT2D eigenvalue weighted by molar-refractivity contribution is -0.132. The molecule has 3 heterocycles. The van der Waals surface area contributed by atoms with Gasteiger partial charge in [-0.1, -0.05) is 12.1 Å². The van der Waals surface area contributed by atoms with E-state index in [4.69, 9.17) is 9.72 Å². The van der Waals surface area contributed by atoms with Crippen molar-refractivity contribution in [3.05, 3.63) is 65.1 Å². The van der Waals surface area contributed by atoms with Crippen LogP contribution in [0.15, 0.2) is 42.6 Å². The SMILES string of the molecule is CCOc1ccc(CC(=O)N2CCN(Cc3c(C)nc4cc(C)ccn34)CC2)cc1. The first kappa shape index (κ1) is 20.4. The molecule has 1 aliphatic heterocycles.